The number of aromatic carboxylic acids is 1. The van der Waals surface area contributed by atoms with Gasteiger partial charge in [-0.1, -0.05) is 22.8 Å². The predicted molar refractivity (Wildman–Crippen MR) is 86.1 cm³/mol. The Balaban J connectivity index is 1.96. The zero-order valence-corrected chi connectivity index (χ0v) is 12.8. The number of hydrogen-bond donors (Lipinski definition) is 2. The summed E-state index contributed by atoms with van der Waals surface area (Å²) in [4.78, 5) is 27.7. The molecule has 0 fully saturated rings. The largest absolute Gasteiger partial charge is 0.477 e. The van der Waals surface area contributed by atoms with Crippen LogP contribution in [0.15, 0.2) is 53.3 Å². The van der Waals surface area contributed by atoms with E-state index in [9.17, 15) is 14.7 Å². The molecule has 0 spiro atoms. The monoisotopic (exact) mass is 343 g/mol. The summed E-state index contributed by atoms with van der Waals surface area (Å²) in [5.74, 6) is -2.10. The van der Waals surface area contributed by atoms with Crippen LogP contribution in [0.5, 0.6) is 0 Å². The Morgan fingerprint density at radius 3 is 2.71 bits per heavy atom. The first kappa shape index (κ1) is 15.7. The van der Waals surface area contributed by atoms with Crippen molar-refractivity contribution in [2.24, 2.45) is 0 Å². The molecule has 0 saturated heterocycles. The molecule has 120 valence electrons. The number of pyridine rings is 1. The molecule has 0 radical (unpaired) electrons. The second-order valence-electron chi connectivity index (χ2n) is 4.75. The van der Waals surface area contributed by atoms with Gasteiger partial charge in [0.05, 0.1) is 0 Å². The number of amides is 1. The molecule has 0 atom stereocenters. The molecular weight excluding hydrogens is 334 g/mol. The minimum Gasteiger partial charge on any atom is -0.477 e. The summed E-state index contributed by atoms with van der Waals surface area (Å²) < 4.78 is 5.01. The van der Waals surface area contributed by atoms with Crippen molar-refractivity contribution in [2.75, 3.05) is 5.32 Å². The van der Waals surface area contributed by atoms with E-state index in [2.05, 4.69) is 15.5 Å². The number of hydrogen-bond acceptors (Lipinski definition) is 5. The standard InChI is InChI=1S/C16H10ClN3O4/c17-11-5-1-3-9(7-11)14(21)19-15-12(16(22)23)13(20-24-15)10-4-2-6-18-8-10/h1-8H,(H,19,21)(H,22,23). The van der Waals surface area contributed by atoms with Crippen molar-refractivity contribution in [3.8, 4) is 11.3 Å². The van der Waals surface area contributed by atoms with Gasteiger partial charge in [0, 0.05) is 28.5 Å². The Hall–Kier alpha value is -3.19. The van der Waals surface area contributed by atoms with Gasteiger partial charge in [0.25, 0.3) is 5.91 Å². The van der Waals surface area contributed by atoms with E-state index in [0.29, 0.717) is 10.6 Å². The molecule has 0 saturated carbocycles. The van der Waals surface area contributed by atoms with Crippen LogP contribution < -0.4 is 5.32 Å². The van der Waals surface area contributed by atoms with Crippen LogP contribution >= 0.6 is 11.6 Å². The number of nitrogens with one attached hydrogen (secondary N) is 1. The first-order valence-electron chi connectivity index (χ1n) is 6.76. The molecule has 8 heteroatoms. The maximum absolute atomic E-state index is 12.2. The van der Waals surface area contributed by atoms with E-state index in [1.54, 1.807) is 36.5 Å². The van der Waals surface area contributed by atoms with Gasteiger partial charge in [0.2, 0.25) is 5.88 Å². The minimum atomic E-state index is -1.28. The molecule has 0 aliphatic carbocycles. The van der Waals surface area contributed by atoms with E-state index in [-0.39, 0.29) is 22.7 Å². The quantitative estimate of drug-likeness (QED) is 0.752. The number of rotatable bonds is 4. The fourth-order valence-corrected chi connectivity index (χ4v) is 2.27. The minimum absolute atomic E-state index is 0.0806. The number of halogens is 1. The second-order valence-corrected chi connectivity index (χ2v) is 5.18. The van der Waals surface area contributed by atoms with Crippen molar-refractivity contribution < 1.29 is 19.2 Å². The Bertz CT molecular complexity index is 909. The zero-order valence-electron chi connectivity index (χ0n) is 12.1. The van der Waals surface area contributed by atoms with Crippen LogP contribution in [0.4, 0.5) is 5.88 Å². The molecule has 7 nitrogen and oxygen atoms in total. The average molecular weight is 344 g/mol. The van der Waals surface area contributed by atoms with Gasteiger partial charge in [0.15, 0.2) is 5.56 Å². The number of carboxylic acids is 1. The van der Waals surface area contributed by atoms with Crippen molar-refractivity contribution in [1.82, 2.24) is 10.1 Å². The molecule has 0 aliphatic heterocycles. The maximum atomic E-state index is 12.2. The number of nitrogens with zero attached hydrogens (tertiary/aromatic N) is 2. The SMILES string of the molecule is O=C(Nc1onc(-c2cccnc2)c1C(=O)O)c1cccc(Cl)c1. The van der Waals surface area contributed by atoms with E-state index in [0.717, 1.165) is 0 Å². The summed E-state index contributed by atoms with van der Waals surface area (Å²) >= 11 is 5.84. The van der Waals surface area contributed by atoms with Gasteiger partial charge in [0.1, 0.15) is 5.69 Å². The summed E-state index contributed by atoms with van der Waals surface area (Å²) in [5.41, 5.74) is 0.551. The molecule has 3 aromatic rings. The summed E-state index contributed by atoms with van der Waals surface area (Å²) in [5, 5.41) is 15.9. The van der Waals surface area contributed by atoms with Gasteiger partial charge >= 0.3 is 5.97 Å². The molecule has 2 aromatic heterocycles. The summed E-state index contributed by atoms with van der Waals surface area (Å²) in [7, 11) is 0. The van der Waals surface area contributed by atoms with Gasteiger partial charge in [-0.05, 0) is 30.3 Å². The van der Waals surface area contributed by atoms with Crippen LogP contribution in [0.25, 0.3) is 11.3 Å². The van der Waals surface area contributed by atoms with E-state index < -0.39 is 11.9 Å². The van der Waals surface area contributed by atoms with Gasteiger partial charge in [-0.15, -0.1) is 0 Å². The van der Waals surface area contributed by atoms with Crippen molar-refractivity contribution >= 4 is 29.4 Å². The molecule has 0 unspecified atom stereocenters. The van der Waals surface area contributed by atoms with E-state index in [4.69, 9.17) is 16.1 Å². The van der Waals surface area contributed by atoms with E-state index in [1.807, 2.05) is 0 Å². The van der Waals surface area contributed by atoms with E-state index >= 15 is 0 Å². The first-order chi connectivity index (χ1) is 11.6. The Kier molecular flexibility index (Phi) is 4.26. The van der Waals surface area contributed by atoms with Gasteiger partial charge < -0.3 is 9.63 Å². The summed E-state index contributed by atoms with van der Waals surface area (Å²) in [6.45, 7) is 0. The second kappa shape index (κ2) is 6.51. The van der Waals surface area contributed by atoms with Crippen molar-refractivity contribution in [1.29, 1.82) is 0 Å². The van der Waals surface area contributed by atoms with Crippen LogP contribution in [-0.2, 0) is 0 Å². The molecule has 2 N–H and O–H groups in total. The molecule has 0 aliphatic rings. The van der Waals surface area contributed by atoms with Gasteiger partial charge in [-0.25, -0.2) is 4.79 Å². The fraction of sp³-hybridized carbons (Fsp3) is 0. The summed E-state index contributed by atoms with van der Waals surface area (Å²) in [6.07, 6.45) is 3.00. The molecular formula is C16H10ClN3O4. The number of carboxylic acid groups (broad SMARTS) is 1. The highest BCUT2D eigenvalue weighted by molar-refractivity contribution is 6.31. The lowest BCUT2D eigenvalue weighted by atomic mass is 10.1. The number of benzene rings is 1. The first-order valence-corrected chi connectivity index (χ1v) is 7.14. The lowest BCUT2D eigenvalue weighted by molar-refractivity contribution is 0.0698. The number of carbonyl (C=O) groups excluding carboxylic acids is 1. The number of aromatic nitrogens is 2. The number of carbonyl (C=O) groups is 2. The van der Waals surface area contributed by atoms with Crippen LogP contribution in [0.2, 0.25) is 5.02 Å². The topological polar surface area (TPSA) is 105 Å². The third-order valence-electron chi connectivity index (χ3n) is 3.15. The molecule has 1 amide bonds. The third-order valence-corrected chi connectivity index (χ3v) is 3.39. The highest BCUT2D eigenvalue weighted by atomic mass is 35.5. The maximum Gasteiger partial charge on any atom is 0.343 e. The Morgan fingerprint density at radius 2 is 2.04 bits per heavy atom. The normalized spacial score (nSPS) is 10.4. The molecule has 0 bridgehead atoms. The highest BCUT2D eigenvalue weighted by Gasteiger charge is 2.25. The molecule has 1 aromatic carbocycles. The van der Waals surface area contributed by atoms with Crippen molar-refractivity contribution in [2.45, 2.75) is 0 Å². The van der Waals surface area contributed by atoms with Crippen LogP contribution in [0.3, 0.4) is 0 Å². The predicted octanol–water partition coefficient (Wildman–Crippen LogP) is 3.34. The van der Waals surface area contributed by atoms with Crippen LogP contribution in [0.1, 0.15) is 20.7 Å². The summed E-state index contributed by atoms with van der Waals surface area (Å²) in [6, 6.07) is 9.50. The zero-order chi connectivity index (χ0) is 17.1. The molecule has 3 rings (SSSR count). The average Bonchev–Trinajstić information content (AvgIpc) is 2.99. The lowest BCUT2D eigenvalue weighted by Gasteiger charge is -2.03. The van der Waals surface area contributed by atoms with E-state index in [1.165, 1.54) is 12.3 Å². The van der Waals surface area contributed by atoms with Gasteiger partial charge in [-0.3, -0.25) is 15.1 Å². The Morgan fingerprint density at radius 1 is 1.21 bits per heavy atom. The smallest absolute Gasteiger partial charge is 0.343 e. The highest BCUT2D eigenvalue weighted by Crippen LogP contribution is 2.28. The van der Waals surface area contributed by atoms with Crippen molar-refractivity contribution in [3.05, 3.63) is 64.9 Å². The molecule has 2 heterocycles. The van der Waals surface area contributed by atoms with Crippen molar-refractivity contribution in [3.63, 3.8) is 0 Å². The van der Waals surface area contributed by atoms with Crippen LogP contribution in [0, 0.1) is 0 Å². The van der Waals surface area contributed by atoms with Gasteiger partial charge in [-0.2, -0.15) is 0 Å². The lowest BCUT2D eigenvalue weighted by Crippen LogP contribution is -2.14. The molecule has 24 heavy (non-hydrogen) atoms. The Labute approximate surface area is 140 Å². The van der Waals surface area contributed by atoms with Crippen LogP contribution in [-0.4, -0.2) is 27.1 Å². The number of anilines is 1. The third kappa shape index (κ3) is 3.11. The fourth-order valence-electron chi connectivity index (χ4n) is 2.08.